The number of hydrogen-bond acceptors (Lipinski definition) is 3. The molecule has 2 saturated carbocycles. The summed E-state index contributed by atoms with van der Waals surface area (Å²) in [6, 6.07) is 1.53. The van der Waals surface area contributed by atoms with Gasteiger partial charge in [0.2, 0.25) is 0 Å². The number of nitrogens with one attached hydrogen (secondary N) is 1. The molecule has 2 rings (SSSR count). The number of carbonyl (C=O) groups excluding carboxylic acids is 1. The fourth-order valence-corrected chi connectivity index (χ4v) is 2.44. The molecule has 0 bridgehead atoms. The second kappa shape index (κ2) is 4.97. The number of methoxy groups -OCH3 is 1. The largest absolute Gasteiger partial charge is 0.469 e. The molecule has 0 aromatic rings. The van der Waals surface area contributed by atoms with Crippen LogP contribution < -0.4 is 5.32 Å². The van der Waals surface area contributed by atoms with Crippen molar-refractivity contribution in [1.29, 1.82) is 0 Å². The molecule has 1 N–H and O–H groups in total. The summed E-state index contributed by atoms with van der Waals surface area (Å²) in [7, 11) is 1.47. The second-order valence-corrected chi connectivity index (χ2v) is 4.94. The minimum absolute atomic E-state index is 0.0476. The molecule has 0 aromatic carbocycles. The second-order valence-electron chi connectivity index (χ2n) is 4.94. The van der Waals surface area contributed by atoms with Gasteiger partial charge >= 0.3 is 5.97 Å². The standard InChI is InChI=1S/C12H21NO2/c1-15-12(14)8-9-2-4-10(5-3-9)13-11-6-7-11/h9-11,13H,2-8H2,1H3/t9-,10-. The Balaban J connectivity index is 1.64. The van der Waals surface area contributed by atoms with Gasteiger partial charge in [0, 0.05) is 18.5 Å². The molecule has 0 radical (unpaired) electrons. The molecule has 0 aliphatic heterocycles. The van der Waals surface area contributed by atoms with Gasteiger partial charge in [0.15, 0.2) is 0 Å². The molecule has 2 aliphatic carbocycles. The summed E-state index contributed by atoms with van der Waals surface area (Å²) < 4.78 is 4.70. The highest BCUT2D eigenvalue weighted by Crippen LogP contribution is 2.29. The van der Waals surface area contributed by atoms with Crippen LogP contribution in [0.15, 0.2) is 0 Å². The molecule has 0 spiro atoms. The number of carbonyl (C=O) groups is 1. The van der Waals surface area contributed by atoms with Crippen LogP contribution in [0.3, 0.4) is 0 Å². The van der Waals surface area contributed by atoms with Gasteiger partial charge in [-0.3, -0.25) is 4.79 Å². The van der Waals surface area contributed by atoms with E-state index in [9.17, 15) is 4.79 Å². The Morgan fingerprint density at radius 1 is 1.13 bits per heavy atom. The molecular weight excluding hydrogens is 190 g/mol. The minimum Gasteiger partial charge on any atom is -0.469 e. The first-order valence-corrected chi connectivity index (χ1v) is 6.11. The Bertz CT molecular complexity index is 218. The Morgan fingerprint density at radius 2 is 1.67 bits per heavy atom. The van der Waals surface area contributed by atoms with Gasteiger partial charge in [-0.2, -0.15) is 0 Å². The minimum atomic E-state index is -0.0476. The number of ether oxygens (including phenoxy) is 1. The van der Waals surface area contributed by atoms with E-state index in [4.69, 9.17) is 4.74 Å². The molecule has 0 unspecified atom stereocenters. The van der Waals surface area contributed by atoms with Crippen LogP contribution in [0, 0.1) is 5.92 Å². The first kappa shape index (κ1) is 10.9. The summed E-state index contributed by atoms with van der Waals surface area (Å²) in [5, 5.41) is 3.66. The van der Waals surface area contributed by atoms with Crippen molar-refractivity contribution < 1.29 is 9.53 Å². The molecule has 15 heavy (non-hydrogen) atoms. The third kappa shape index (κ3) is 3.49. The lowest BCUT2D eigenvalue weighted by Gasteiger charge is -2.28. The van der Waals surface area contributed by atoms with Crippen LogP contribution in [0.4, 0.5) is 0 Å². The quantitative estimate of drug-likeness (QED) is 0.721. The number of rotatable bonds is 4. The van der Waals surface area contributed by atoms with E-state index in [0.717, 1.165) is 6.04 Å². The number of esters is 1. The summed E-state index contributed by atoms with van der Waals surface area (Å²) in [6.45, 7) is 0. The van der Waals surface area contributed by atoms with Crippen LogP contribution in [0.25, 0.3) is 0 Å². The predicted molar refractivity (Wildman–Crippen MR) is 58.5 cm³/mol. The highest BCUT2D eigenvalue weighted by atomic mass is 16.5. The van der Waals surface area contributed by atoms with Crippen molar-refractivity contribution in [2.75, 3.05) is 7.11 Å². The summed E-state index contributed by atoms with van der Waals surface area (Å²) in [5.41, 5.74) is 0. The van der Waals surface area contributed by atoms with Crippen LogP contribution in [-0.2, 0) is 9.53 Å². The van der Waals surface area contributed by atoms with Crippen molar-refractivity contribution >= 4 is 5.97 Å². The molecule has 3 heteroatoms. The van der Waals surface area contributed by atoms with Crippen molar-refractivity contribution in [3.05, 3.63) is 0 Å². The molecule has 86 valence electrons. The molecule has 0 atom stereocenters. The fraction of sp³-hybridized carbons (Fsp3) is 0.917. The van der Waals surface area contributed by atoms with Crippen LogP contribution in [0.5, 0.6) is 0 Å². The summed E-state index contributed by atoms with van der Waals surface area (Å²) in [6.07, 6.45) is 8.17. The van der Waals surface area contributed by atoms with Gasteiger partial charge in [-0.15, -0.1) is 0 Å². The molecule has 0 heterocycles. The molecule has 2 fully saturated rings. The Labute approximate surface area is 91.6 Å². The van der Waals surface area contributed by atoms with Gasteiger partial charge in [0.25, 0.3) is 0 Å². The van der Waals surface area contributed by atoms with Gasteiger partial charge in [-0.05, 0) is 44.4 Å². The van der Waals surface area contributed by atoms with Crippen molar-refractivity contribution in [2.24, 2.45) is 5.92 Å². The lowest BCUT2D eigenvalue weighted by molar-refractivity contribution is -0.142. The highest BCUT2D eigenvalue weighted by molar-refractivity contribution is 5.69. The monoisotopic (exact) mass is 211 g/mol. The molecule has 2 aliphatic rings. The van der Waals surface area contributed by atoms with Crippen LogP contribution >= 0.6 is 0 Å². The van der Waals surface area contributed by atoms with E-state index in [-0.39, 0.29) is 5.97 Å². The van der Waals surface area contributed by atoms with Gasteiger partial charge in [0.05, 0.1) is 7.11 Å². The van der Waals surface area contributed by atoms with E-state index in [1.807, 2.05) is 0 Å². The Hall–Kier alpha value is -0.570. The van der Waals surface area contributed by atoms with Crippen LogP contribution in [0.1, 0.15) is 44.9 Å². The van der Waals surface area contributed by atoms with E-state index in [0.29, 0.717) is 18.4 Å². The van der Waals surface area contributed by atoms with Crippen molar-refractivity contribution in [3.8, 4) is 0 Å². The molecular formula is C12H21NO2. The fourth-order valence-electron chi connectivity index (χ4n) is 2.44. The molecule has 0 saturated heterocycles. The summed E-state index contributed by atoms with van der Waals surface area (Å²) in [5.74, 6) is 0.517. The van der Waals surface area contributed by atoms with E-state index in [1.165, 1.54) is 45.6 Å². The van der Waals surface area contributed by atoms with Crippen LogP contribution in [0.2, 0.25) is 0 Å². The van der Waals surface area contributed by atoms with Crippen molar-refractivity contribution in [1.82, 2.24) is 5.32 Å². The zero-order chi connectivity index (χ0) is 10.7. The zero-order valence-corrected chi connectivity index (χ0v) is 9.50. The number of hydrogen-bond donors (Lipinski definition) is 1. The van der Waals surface area contributed by atoms with E-state index in [2.05, 4.69) is 5.32 Å². The average Bonchev–Trinajstić information content (AvgIpc) is 3.05. The summed E-state index contributed by atoms with van der Waals surface area (Å²) in [4.78, 5) is 11.1. The Kier molecular flexibility index (Phi) is 3.62. The highest BCUT2D eigenvalue weighted by Gasteiger charge is 2.28. The predicted octanol–water partition coefficient (Wildman–Crippen LogP) is 1.86. The lowest BCUT2D eigenvalue weighted by Crippen LogP contribution is -2.35. The normalized spacial score (nSPS) is 31.3. The SMILES string of the molecule is COC(=O)C[C@H]1CC[C@H](NC2CC2)CC1. The zero-order valence-electron chi connectivity index (χ0n) is 9.50. The molecule has 3 nitrogen and oxygen atoms in total. The van der Waals surface area contributed by atoms with E-state index in [1.54, 1.807) is 0 Å². The molecule has 0 amide bonds. The van der Waals surface area contributed by atoms with Crippen LogP contribution in [-0.4, -0.2) is 25.2 Å². The average molecular weight is 211 g/mol. The maximum atomic E-state index is 11.1. The first-order chi connectivity index (χ1) is 7.28. The smallest absolute Gasteiger partial charge is 0.305 e. The van der Waals surface area contributed by atoms with E-state index >= 15 is 0 Å². The summed E-state index contributed by atoms with van der Waals surface area (Å²) >= 11 is 0. The lowest BCUT2D eigenvalue weighted by atomic mass is 9.84. The molecule has 0 aromatic heterocycles. The van der Waals surface area contributed by atoms with Gasteiger partial charge in [0.1, 0.15) is 0 Å². The topological polar surface area (TPSA) is 38.3 Å². The third-order valence-corrected chi connectivity index (χ3v) is 3.58. The maximum Gasteiger partial charge on any atom is 0.305 e. The third-order valence-electron chi connectivity index (χ3n) is 3.58. The van der Waals surface area contributed by atoms with E-state index < -0.39 is 0 Å². The maximum absolute atomic E-state index is 11.1. The van der Waals surface area contributed by atoms with Gasteiger partial charge in [-0.25, -0.2) is 0 Å². The van der Waals surface area contributed by atoms with Gasteiger partial charge in [-0.1, -0.05) is 0 Å². The Morgan fingerprint density at radius 3 is 2.13 bits per heavy atom. The van der Waals surface area contributed by atoms with Crippen molar-refractivity contribution in [2.45, 2.75) is 57.0 Å². The first-order valence-electron chi connectivity index (χ1n) is 6.11. The van der Waals surface area contributed by atoms with Crippen molar-refractivity contribution in [3.63, 3.8) is 0 Å². The van der Waals surface area contributed by atoms with Gasteiger partial charge < -0.3 is 10.1 Å².